The van der Waals surface area contributed by atoms with Gasteiger partial charge >= 0.3 is 0 Å². The molecule has 1 aromatic carbocycles. The second kappa shape index (κ2) is 5.38. The summed E-state index contributed by atoms with van der Waals surface area (Å²) in [6.07, 6.45) is 3.63. The van der Waals surface area contributed by atoms with Crippen molar-refractivity contribution in [3.05, 3.63) is 35.5 Å². The minimum Gasteiger partial charge on any atom is -0.253 e. The van der Waals surface area contributed by atoms with Crippen LogP contribution in [0.2, 0.25) is 0 Å². The molecule has 5 heteroatoms. The lowest BCUT2D eigenvalue weighted by atomic mass is 9.70. The maximum absolute atomic E-state index is 13.0. The van der Waals surface area contributed by atoms with Gasteiger partial charge in [0, 0.05) is 22.1 Å². The summed E-state index contributed by atoms with van der Waals surface area (Å²) in [5.41, 5.74) is 6.73. The van der Waals surface area contributed by atoms with E-state index in [0.29, 0.717) is 5.41 Å². The van der Waals surface area contributed by atoms with Crippen molar-refractivity contribution in [3.8, 4) is 11.3 Å². The normalized spacial score (nSPS) is 29.3. The Kier molecular flexibility index (Phi) is 3.53. The maximum Gasteiger partial charge on any atom is 0.203 e. The van der Waals surface area contributed by atoms with Crippen LogP contribution in [0.5, 0.6) is 0 Å². The minimum absolute atomic E-state index is 0.196. The van der Waals surface area contributed by atoms with Crippen molar-refractivity contribution in [2.75, 3.05) is 5.43 Å². The number of aromatic nitrogens is 1. The number of anilines is 1. The van der Waals surface area contributed by atoms with Gasteiger partial charge in [-0.15, -0.1) is 11.3 Å². The molecule has 1 N–H and O–H groups in total. The predicted molar refractivity (Wildman–Crippen MR) is 97.8 cm³/mol. The largest absolute Gasteiger partial charge is 0.253 e. The lowest BCUT2D eigenvalue weighted by Gasteiger charge is -2.34. The van der Waals surface area contributed by atoms with E-state index in [0.717, 1.165) is 28.7 Å². The fraction of sp³-hybridized carbons (Fsp3) is 0.474. The van der Waals surface area contributed by atoms with Crippen molar-refractivity contribution >= 4 is 22.2 Å². The number of hydrogen-bond acceptors (Lipinski definition) is 4. The van der Waals surface area contributed by atoms with Crippen LogP contribution in [-0.2, 0) is 0 Å². The first-order chi connectivity index (χ1) is 11.4. The van der Waals surface area contributed by atoms with Gasteiger partial charge in [0.15, 0.2) is 0 Å². The number of nitrogens with one attached hydrogen (secondary N) is 1. The van der Waals surface area contributed by atoms with Crippen LogP contribution in [0.25, 0.3) is 11.3 Å². The molecule has 126 valence electrons. The summed E-state index contributed by atoms with van der Waals surface area (Å²) in [5.74, 6) is 0.514. The molecule has 1 aromatic heterocycles. The van der Waals surface area contributed by atoms with Gasteiger partial charge in [0.25, 0.3) is 0 Å². The Hall–Kier alpha value is -1.75. The first-order valence-corrected chi connectivity index (χ1v) is 9.33. The number of hydrogen-bond donors (Lipinski definition) is 1. The molecule has 2 fully saturated rings. The Morgan fingerprint density at radius 1 is 1.25 bits per heavy atom. The lowest BCUT2D eigenvalue weighted by molar-refractivity contribution is 0.194. The van der Waals surface area contributed by atoms with Crippen LogP contribution in [0.15, 0.2) is 34.7 Å². The molecule has 2 atom stereocenters. The Balaban J connectivity index is 1.52. The zero-order chi connectivity index (χ0) is 16.9. The van der Waals surface area contributed by atoms with Crippen LogP contribution in [0.3, 0.4) is 0 Å². The monoisotopic (exact) mass is 343 g/mol. The fourth-order valence-electron chi connectivity index (χ4n) is 4.29. The van der Waals surface area contributed by atoms with Crippen LogP contribution >= 0.6 is 11.3 Å². The number of rotatable bonds is 3. The van der Waals surface area contributed by atoms with Gasteiger partial charge in [0.05, 0.1) is 5.69 Å². The van der Waals surface area contributed by atoms with Gasteiger partial charge < -0.3 is 0 Å². The topological polar surface area (TPSA) is 37.3 Å². The van der Waals surface area contributed by atoms with Crippen LogP contribution < -0.4 is 5.43 Å². The molecule has 0 radical (unpaired) electrons. The van der Waals surface area contributed by atoms with E-state index >= 15 is 0 Å². The van der Waals surface area contributed by atoms with Crippen molar-refractivity contribution in [2.45, 2.75) is 40.0 Å². The van der Waals surface area contributed by atoms with E-state index in [4.69, 9.17) is 5.10 Å². The SMILES string of the molecule is CC1(C)[C@@H]2CC[C@@]1(C)/C(=N/Nc1nc(-c3ccc(F)cc3)cs1)C2. The highest BCUT2D eigenvalue weighted by atomic mass is 32.1. The standard InChI is InChI=1S/C19H22FN3S/c1-18(2)13-8-9-19(18,3)16(10-13)22-23-17-21-15(11-24-17)12-4-6-14(20)7-5-12/h4-7,11,13H,8-10H2,1-3H3,(H,21,23)/b22-16+/t13-,19+/m1/s1. The average Bonchev–Trinajstić information content (AvgIpc) is 3.16. The summed E-state index contributed by atoms with van der Waals surface area (Å²) in [6, 6.07) is 6.42. The molecule has 4 rings (SSSR count). The van der Waals surface area contributed by atoms with Gasteiger partial charge in [-0.2, -0.15) is 5.10 Å². The Morgan fingerprint density at radius 2 is 2.00 bits per heavy atom. The predicted octanol–water partition coefficient (Wildman–Crippen LogP) is 5.56. The summed E-state index contributed by atoms with van der Waals surface area (Å²) >= 11 is 1.53. The molecule has 24 heavy (non-hydrogen) atoms. The molecule has 0 amide bonds. The second-order valence-corrected chi connectivity index (χ2v) is 8.57. The molecular formula is C19H22FN3S. The van der Waals surface area contributed by atoms with Crippen molar-refractivity contribution < 1.29 is 4.39 Å². The van der Waals surface area contributed by atoms with Crippen molar-refractivity contribution in [1.82, 2.24) is 4.98 Å². The van der Waals surface area contributed by atoms with Crippen LogP contribution in [0.1, 0.15) is 40.0 Å². The molecule has 0 unspecified atom stereocenters. The van der Waals surface area contributed by atoms with Crippen molar-refractivity contribution in [1.29, 1.82) is 0 Å². The first kappa shape index (κ1) is 15.8. The zero-order valence-corrected chi connectivity index (χ0v) is 15.1. The molecule has 2 aliphatic rings. The summed E-state index contributed by atoms with van der Waals surface area (Å²) in [5, 5.41) is 7.48. The zero-order valence-electron chi connectivity index (χ0n) is 14.3. The molecule has 2 bridgehead atoms. The van der Waals surface area contributed by atoms with Crippen LogP contribution in [0.4, 0.5) is 9.52 Å². The van der Waals surface area contributed by atoms with E-state index in [1.54, 1.807) is 12.1 Å². The molecule has 0 aliphatic heterocycles. The van der Waals surface area contributed by atoms with Gasteiger partial charge in [0.1, 0.15) is 5.82 Å². The molecule has 0 saturated heterocycles. The van der Waals surface area contributed by atoms with Crippen molar-refractivity contribution in [3.63, 3.8) is 0 Å². The highest BCUT2D eigenvalue weighted by Crippen LogP contribution is 2.63. The summed E-state index contributed by atoms with van der Waals surface area (Å²) in [7, 11) is 0. The third-order valence-corrected chi connectivity index (χ3v) is 7.19. The van der Waals surface area contributed by atoms with E-state index in [2.05, 4.69) is 31.2 Å². The highest BCUT2D eigenvalue weighted by molar-refractivity contribution is 7.14. The molecule has 2 aliphatic carbocycles. The molecule has 2 aromatic rings. The van der Waals surface area contributed by atoms with Crippen molar-refractivity contribution in [2.24, 2.45) is 21.8 Å². The quantitative estimate of drug-likeness (QED) is 0.740. The van der Waals surface area contributed by atoms with E-state index < -0.39 is 0 Å². The molecular weight excluding hydrogens is 321 g/mol. The number of halogens is 1. The van der Waals surface area contributed by atoms with E-state index in [1.165, 1.54) is 42.0 Å². The molecule has 2 saturated carbocycles. The first-order valence-electron chi connectivity index (χ1n) is 8.45. The van der Waals surface area contributed by atoms with E-state index in [-0.39, 0.29) is 11.2 Å². The van der Waals surface area contributed by atoms with Gasteiger partial charge in [-0.05, 0) is 54.9 Å². The van der Waals surface area contributed by atoms with Crippen LogP contribution in [0, 0.1) is 22.6 Å². The fourth-order valence-corrected chi connectivity index (χ4v) is 4.95. The second-order valence-electron chi connectivity index (χ2n) is 7.71. The number of thiazole rings is 1. The number of nitrogens with zero attached hydrogens (tertiary/aromatic N) is 2. The Labute approximate surface area is 146 Å². The molecule has 0 spiro atoms. The van der Waals surface area contributed by atoms with Gasteiger partial charge in [-0.1, -0.05) is 20.8 Å². The van der Waals surface area contributed by atoms with E-state index in [1.807, 2.05) is 5.38 Å². The third-order valence-electron chi connectivity index (χ3n) is 6.44. The maximum atomic E-state index is 13.0. The molecule has 3 nitrogen and oxygen atoms in total. The van der Waals surface area contributed by atoms with E-state index in [9.17, 15) is 4.39 Å². The summed E-state index contributed by atoms with van der Waals surface area (Å²) in [6.45, 7) is 7.11. The van der Waals surface area contributed by atoms with Gasteiger partial charge in [0.2, 0.25) is 5.13 Å². The average molecular weight is 343 g/mol. The smallest absolute Gasteiger partial charge is 0.203 e. The summed E-state index contributed by atoms with van der Waals surface area (Å²) in [4.78, 5) is 4.57. The Morgan fingerprint density at radius 3 is 2.62 bits per heavy atom. The van der Waals surface area contributed by atoms with Gasteiger partial charge in [-0.3, -0.25) is 5.43 Å². The van der Waals surface area contributed by atoms with Crippen LogP contribution in [-0.4, -0.2) is 10.7 Å². The third kappa shape index (κ3) is 2.29. The van der Waals surface area contributed by atoms with Gasteiger partial charge in [-0.25, -0.2) is 9.37 Å². The number of benzene rings is 1. The number of fused-ring (bicyclic) bond motifs is 2. The lowest BCUT2D eigenvalue weighted by Crippen LogP contribution is -2.32. The molecule has 1 heterocycles. The number of hydrazone groups is 1. The minimum atomic E-state index is -0.231. The highest BCUT2D eigenvalue weighted by Gasteiger charge is 2.59. The Bertz CT molecular complexity index is 793. The summed E-state index contributed by atoms with van der Waals surface area (Å²) < 4.78 is 13.0.